The summed E-state index contributed by atoms with van der Waals surface area (Å²) in [6.07, 6.45) is 1.60. The first-order valence-corrected chi connectivity index (χ1v) is 8.84. The Labute approximate surface area is 136 Å². The summed E-state index contributed by atoms with van der Waals surface area (Å²) in [6, 6.07) is -0.349. The van der Waals surface area contributed by atoms with E-state index >= 15 is 0 Å². The molecule has 2 saturated heterocycles. The van der Waals surface area contributed by atoms with E-state index in [-0.39, 0.29) is 17.9 Å². The lowest BCUT2D eigenvalue weighted by Crippen LogP contribution is -2.49. The van der Waals surface area contributed by atoms with Crippen LogP contribution in [0.5, 0.6) is 0 Å². The van der Waals surface area contributed by atoms with Gasteiger partial charge in [-0.2, -0.15) is 0 Å². The SMILES string of the molecule is CC(C)=CC(=O)N1CSCC1C(=O)NCCN1CCOCC1. The Kier molecular flexibility index (Phi) is 6.72. The van der Waals surface area contributed by atoms with Crippen LogP contribution in [-0.4, -0.2) is 78.7 Å². The summed E-state index contributed by atoms with van der Waals surface area (Å²) in [5, 5.41) is 2.96. The fraction of sp³-hybridized carbons (Fsp3) is 0.733. The lowest BCUT2D eigenvalue weighted by Gasteiger charge is -2.27. The Morgan fingerprint density at radius 1 is 1.32 bits per heavy atom. The Balaban J connectivity index is 1.78. The Hall–Kier alpha value is -1.05. The standard InChI is InChI=1S/C15H25N3O3S/c1-12(2)9-14(19)18-11-22-10-13(18)15(20)16-3-4-17-5-7-21-8-6-17/h9,13H,3-8,10-11H2,1-2H3,(H,16,20). The molecule has 2 fully saturated rings. The molecule has 0 spiro atoms. The minimum atomic E-state index is -0.349. The van der Waals surface area contributed by atoms with E-state index in [9.17, 15) is 9.59 Å². The van der Waals surface area contributed by atoms with Gasteiger partial charge in [-0.25, -0.2) is 0 Å². The van der Waals surface area contributed by atoms with Gasteiger partial charge in [-0.3, -0.25) is 14.5 Å². The second-order valence-corrected chi connectivity index (χ2v) is 6.79. The summed E-state index contributed by atoms with van der Waals surface area (Å²) in [4.78, 5) is 28.4. The van der Waals surface area contributed by atoms with E-state index in [1.54, 1.807) is 22.7 Å². The summed E-state index contributed by atoms with van der Waals surface area (Å²) in [5.41, 5.74) is 0.952. The molecule has 1 atom stereocenters. The molecule has 2 amide bonds. The van der Waals surface area contributed by atoms with E-state index in [1.807, 2.05) is 13.8 Å². The van der Waals surface area contributed by atoms with Gasteiger partial charge >= 0.3 is 0 Å². The molecule has 6 nitrogen and oxygen atoms in total. The van der Waals surface area contributed by atoms with Crippen molar-refractivity contribution in [1.82, 2.24) is 15.1 Å². The third-order valence-electron chi connectivity index (χ3n) is 3.71. The predicted octanol–water partition coefficient (Wildman–Crippen LogP) is 0.303. The summed E-state index contributed by atoms with van der Waals surface area (Å²) in [7, 11) is 0. The molecule has 0 aliphatic carbocycles. The number of rotatable bonds is 5. The summed E-state index contributed by atoms with van der Waals surface area (Å²) < 4.78 is 5.30. The number of hydrogen-bond acceptors (Lipinski definition) is 5. The van der Waals surface area contributed by atoms with Gasteiger partial charge in [-0.05, 0) is 13.8 Å². The van der Waals surface area contributed by atoms with Crippen LogP contribution in [0.2, 0.25) is 0 Å². The van der Waals surface area contributed by atoms with Gasteiger partial charge in [-0.1, -0.05) is 5.57 Å². The van der Waals surface area contributed by atoms with E-state index in [1.165, 1.54) is 0 Å². The van der Waals surface area contributed by atoms with Crippen LogP contribution in [0.3, 0.4) is 0 Å². The van der Waals surface area contributed by atoms with Gasteiger partial charge in [0.2, 0.25) is 11.8 Å². The molecule has 2 rings (SSSR count). The normalized spacial score (nSPS) is 22.5. The Bertz CT molecular complexity index is 432. The molecule has 124 valence electrons. The number of morpholine rings is 1. The van der Waals surface area contributed by atoms with Crippen LogP contribution in [0, 0.1) is 0 Å². The summed E-state index contributed by atoms with van der Waals surface area (Å²) in [6.45, 7) is 8.58. The maximum absolute atomic E-state index is 12.3. The minimum Gasteiger partial charge on any atom is -0.379 e. The van der Waals surface area contributed by atoms with Crippen molar-refractivity contribution >= 4 is 23.6 Å². The molecule has 0 radical (unpaired) electrons. The molecule has 0 aromatic carbocycles. The van der Waals surface area contributed by atoms with Crippen LogP contribution in [0.15, 0.2) is 11.6 Å². The number of nitrogens with zero attached hydrogens (tertiary/aromatic N) is 2. The fourth-order valence-electron chi connectivity index (χ4n) is 2.49. The number of carbonyl (C=O) groups is 2. The maximum atomic E-state index is 12.3. The topological polar surface area (TPSA) is 61.9 Å². The van der Waals surface area contributed by atoms with Crippen molar-refractivity contribution in [2.75, 3.05) is 51.0 Å². The zero-order chi connectivity index (χ0) is 15.9. The number of nitrogens with one attached hydrogen (secondary N) is 1. The van der Waals surface area contributed by atoms with Crippen LogP contribution in [0.4, 0.5) is 0 Å². The zero-order valence-electron chi connectivity index (χ0n) is 13.3. The molecule has 2 aliphatic heterocycles. The number of allylic oxidation sites excluding steroid dienone is 1. The molecular formula is C15H25N3O3S. The molecule has 1 N–H and O–H groups in total. The van der Waals surface area contributed by atoms with E-state index in [0.717, 1.165) is 38.4 Å². The van der Waals surface area contributed by atoms with Gasteiger partial charge in [0.05, 0.1) is 19.1 Å². The zero-order valence-corrected chi connectivity index (χ0v) is 14.2. The number of hydrogen-bond donors (Lipinski definition) is 1. The third-order valence-corrected chi connectivity index (χ3v) is 4.72. The maximum Gasteiger partial charge on any atom is 0.247 e. The average molecular weight is 327 g/mol. The first-order valence-electron chi connectivity index (χ1n) is 7.69. The fourth-order valence-corrected chi connectivity index (χ4v) is 3.65. The first-order chi connectivity index (χ1) is 10.6. The summed E-state index contributed by atoms with van der Waals surface area (Å²) in [5.74, 6) is 1.14. The second-order valence-electron chi connectivity index (χ2n) is 5.79. The number of carbonyl (C=O) groups excluding carboxylic acids is 2. The van der Waals surface area contributed by atoms with Crippen LogP contribution < -0.4 is 5.32 Å². The van der Waals surface area contributed by atoms with Crippen molar-refractivity contribution in [3.8, 4) is 0 Å². The van der Waals surface area contributed by atoms with Crippen molar-refractivity contribution in [3.05, 3.63) is 11.6 Å². The Morgan fingerprint density at radius 3 is 2.73 bits per heavy atom. The lowest BCUT2D eigenvalue weighted by atomic mass is 10.2. The molecule has 2 heterocycles. The van der Waals surface area contributed by atoms with Crippen LogP contribution >= 0.6 is 11.8 Å². The third kappa shape index (κ3) is 5.00. The van der Waals surface area contributed by atoms with Gasteiger partial charge in [-0.15, -0.1) is 11.8 Å². The molecule has 22 heavy (non-hydrogen) atoms. The quantitative estimate of drug-likeness (QED) is 0.736. The van der Waals surface area contributed by atoms with Crippen LogP contribution in [0.25, 0.3) is 0 Å². The highest BCUT2D eigenvalue weighted by Gasteiger charge is 2.33. The molecular weight excluding hydrogens is 302 g/mol. The monoisotopic (exact) mass is 327 g/mol. The largest absolute Gasteiger partial charge is 0.379 e. The number of amides is 2. The van der Waals surface area contributed by atoms with Crippen LogP contribution in [0.1, 0.15) is 13.8 Å². The van der Waals surface area contributed by atoms with Crippen molar-refractivity contribution in [2.24, 2.45) is 0 Å². The van der Waals surface area contributed by atoms with E-state index in [4.69, 9.17) is 4.74 Å². The lowest BCUT2D eigenvalue weighted by molar-refractivity contribution is -0.134. The average Bonchev–Trinajstić information content (AvgIpc) is 2.97. The molecule has 0 aromatic heterocycles. The Morgan fingerprint density at radius 2 is 2.05 bits per heavy atom. The highest BCUT2D eigenvalue weighted by molar-refractivity contribution is 7.99. The van der Waals surface area contributed by atoms with Gasteiger partial charge < -0.3 is 15.0 Å². The minimum absolute atomic E-state index is 0.0474. The predicted molar refractivity (Wildman–Crippen MR) is 87.7 cm³/mol. The first kappa shape index (κ1) is 17.3. The summed E-state index contributed by atoms with van der Waals surface area (Å²) >= 11 is 1.62. The van der Waals surface area contributed by atoms with Crippen molar-refractivity contribution in [2.45, 2.75) is 19.9 Å². The highest BCUT2D eigenvalue weighted by Crippen LogP contribution is 2.21. The van der Waals surface area contributed by atoms with Crippen LogP contribution in [-0.2, 0) is 14.3 Å². The molecule has 0 saturated carbocycles. The van der Waals surface area contributed by atoms with Gasteiger partial charge in [0, 0.05) is 38.0 Å². The van der Waals surface area contributed by atoms with E-state index in [0.29, 0.717) is 18.2 Å². The van der Waals surface area contributed by atoms with Crippen molar-refractivity contribution < 1.29 is 14.3 Å². The van der Waals surface area contributed by atoms with Crippen molar-refractivity contribution in [1.29, 1.82) is 0 Å². The van der Waals surface area contributed by atoms with E-state index < -0.39 is 0 Å². The molecule has 0 bridgehead atoms. The number of ether oxygens (including phenoxy) is 1. The molecule has 1 unspecified atom stereocenters. The van der Waals surface area contributed by atoms with Gasteiger partial charge in [0.15, 0.2) is 0 Å². The highest BCUT2D eigenvalue weighted by atomic mass is 32.2. The smallest absolute Gasteiger partial charge is 0.247 e. The second kappa shape index (κ2) is 8.55. The van der Waals surface area contributed by atoms with Gasteiger partial charge in [0.1, 0.15) is 6.04 Å². The molecule has 7 heteroatoms. The molecule has 0 aromatic rings. The van der Waals surface area contributed by atoms with E-state index in [2.05, 4.69) is 10.2 Å². The molecule has 2 aliphatic rings. The van der Waals surface area contributed by atoms with Crippen molar-refractivity contribution in [3.63, 3.8) is 0 Å². The number of thioether (sulfide) groups is 1. The van der Waals surface area contributed by atoms with Gasteiger partial charge in [0.25, 0.3) is 0 Å².